The van der Waals surface area contributed by atoms with Crippen molar-refractivity contribution in [1.82, 2.24) is 19.0 Å². The van der Waals surface area contributed by atoms with Gasteiger partial charge in [0.2, 0.25) is 5.03 Å². The lowest BCUT2D eigenvalue weighted by molar-refractivity contribution is 0.0742. The van der Waals surface area contributed by atoms with Gasteiger partial charge in [0, 0.05) is 77.0 Å². The first-order valence-electron chi connectivity index (χ1n) is 12.8. The minimum Gasteiger partial charge on any atom is -0.369 e. The minimum atomic E-state index is -3.96. The molecule has 0 N–H and O–H groups in total. The standard InChI is InChI=1S/C27H33FN6O3S/c1-20-4-5-21(2)25(18-20)32-14-16-34(17-15-32)38(36,37)26-24(19-30(3)29-26)27(35)33-12-10-31(11-13-33)23-8-6-22(28)7-9-23/h4-9,18-19H,10-17H2,1-3H3. The third-order valence-corrected chi connectivity index (χ3v) is 9.15. The summed E-state index contributed by atoms with van der Waals surface area (Å²) in [6, 6.07) is 12.6. The van der Waals surface area contributed by atoms with Crippen LogP contribution in [-0.4, -0.2) is 85.7 Å². The smallest absolute Gasteiger partial charge is 0.263 e. The lowest BCUT2D eigenvalue weighted by Crippen LogP contribution is -2.50. The van der Waals surface area contributed by atoms with Crippen molar-refractivity contribution in [3.8, 4) is 0 Å². The average Bonchev–Trinajstić information content (AvgIpc) is 3.33. The van der Waals surface area contributed by atoms with Crippen LogP contribution in [0, 0.1) is 19.7 Å². The van der Waals surface area contributed by atoms with Gasteiger partial charge in [-0.05, 0) is 55.3 Å². The van der Waals surface area contributed by atoms with Crippen molar-refractivity contribution in [3.05, 3.63) is 71.2 Å². The Labute approximate surface area is 223 Å². The largest absolute Gasteiger partial charge is 0.369 e. The first kappa shape index (κ1) is 26.2. The Bertz CT molecular complexity index is 1420. The molecule has 1 amide bonds. The zero-order valence-corrected chi connectivity index (χ0v) is 22.8. The van der Waals surface area contributed by atoms with Crippen molar-refractivity contribution in [2.24, 2.45) is 7.05 Å². The average molecular weight is 541 g/mol. The van der Waals surface area contributed by atoms with Crippen molar-refractivity contribution in [3.63, 3.8) is 0 Å². The molecule has 2 aromatic carbocycles. The van der Waals surface area contributed by atoms with Crippen LogP contribution >= 0.6 is 0 Å². The second-order valence-corrected chi connectivity index (χ2v) is 11.8. The van der Waals surface area contributed by atoms with E-state index in [1.165, 1.54) is 27.3 Å². The van der Waals surface area contributed by atoms with E-state index in [1.54, 1.807) is 24.1 Å². The number of aryl methyl sites for hydroxylation is 3. The van der Waals surface area contributed by atoms with Gasteiger partial charge in [0.25, 0.3) is 15.9 Å². The maximum atomic E-state index is 13.7. The number of carbonyl (C=O) groups is 1. The van der Waals surface area contributed by atoms with Gasteiger partial charge >= 0.3 is 0 Å². The SMILES string of the molecule is Cc1ccc(C)c(N2CCN(S(=O)(=O)c3nn(C)cc3C(=O)N3CCN(c4ccc(F)cc4)CC3)CC2)c1. The topological polar surface area (TPSA) is 82.0 Å². The Morgan fingerprint density at radius 1 is 0.868 bits per heavy atom. The number of sulfonamides is 1. The fraction of sp³-hybridized carbons (Fsp3) is 0.407. The van der Waals surface area contributed by atoms with Gasteiger partial charge in [-0.3, -0.25) is 9.48 Å². The number of carbonyl (C=O) groups excluding carboxylic acids is 1. The highest BCUT2D eigenvalue weighted by Crippen LogP contribution is 2.26. The van der Waals surface area contributed by atoms with Crippen LogP contribution in [-0.2, 0) is 17.1 Å². The molecule has 2 fully saturated rings. The molecule has 0 atom stereocenters. The van der Waals surface area contributed by atoms with Gasteiger partial charge in [0.1, 0.15) is 5.82 Å². The van der Waals surface area contributed by atoms with Crippen LogP contribution in [0.4, 0.5) is 15.8 Å². The molecule has 5 rings (SSSR count). The molecular formula is C27H33FN6O3S. The first-order chi connectivity index (χ1) is 18.1. The van der Waals surface area contributed by atoms with E-state index in [0.29, 0.717) is 52.4 Å². The molecule has 9 nitrogen and oxygen atoms in total. The molecule has 0 unspecified atom stereocenters. The summed E-state index contributed by atoms with van der Waals surface area (Å²) >= 11 is 0. The highest BCUT2D eigenvalue weighted by molar-refractivity contribution is 7.89. The van der Waals surface area contributed by atoms with E-state index in [1.807, 2.05) is 6.92 Å². The number of anilines is 2. The van der Waals surface area contributed by atoms with Crippen molar-refractivity contribution in [1.29, 1.82) is 0 Å². The van der Waals surface area contributed by atoms with Crippen molar-refractivity contribution < 1.29 is 17.6 Å². The first-order valence-corrected chi connectivity index (χ1v) is 14.2. The molecule has 2 aliphatic heterocycles. The van der Waals surface area contributed by atoms with Gasteiger partial charge in [-0.25, -0.2) is 12.8 Å². The van der Waals surface area contributed by atoms with Gasteiger partial charge in [0.05, 0.1) is 5.56 Å². The summed E-state index contributed by atoms with van der Waals surface area (Å²) in [5, 5.41) is 4.04. The molecule has 3 aromatic rings. The van der Waals surface area contributed by atoms with E-state index < -0.39 is 10.0 Å². The van der Waals surface area contributed by atoms with Crippen LogP contribution < -0.4 is 9.80 Å². The van der Waals surface area contributed by atoms with Gasteiger partial charge in [0.15, 0.2) is 0 Å². The second-order valence-electron chi connectivity index (χ2n) is 9.96. The van der Waals surface area contributed by atoms with E-state index in [4.69, 9.17) is 0 Å². The third kappa shape index (κ3) is 5.12. The summed E-state index contributed by atoms with van der Waals surface area (Å²) in [5.74, 6) is -0.635. The van der Waals surface area contributed by atoms with Crippen LogP contribution in [0.5, 0.6) is 0 Å². The molecule has 3 heterocycles. The van der Waals surface area contributed by atoms with Gasteiger partial charge in [-0.15, -0.1) is 0 Å². The summed E-state index contributed by atoms with van der Waals surface area (Å²) in [6.07, 6.45) is 1.49. The highest BCUT2D eigenvalue weighted by Gasteiger charge is 2.36. The minimum absolute atomic E-state index is 0.0969. The molecule has 2 aliphatic rings. The molecule has 0 saturated carbocycles. The van der Waals surface area contributed by atoms with E-state index >= 15 is 0 Å². The van der Waals surface area contributed by atoms with Crippen LogP contribution in [0.3, 0.4) is 0 Å². The summed E-state index contributed by atoms with van der Waals surface area (Å²) < 4.78 is 43.4. The molecular weight excluding hydrogens is 507 g/mol. The van der Waals surface area contributed by atoms with Crippen molar-refractivity contribution in [2.75, 3.05) is 62.2 Å². The maximum Gasteiger partial charge on any atom is 0.263 e. The lowest BCUT2D eigenvalue weighted by Gasteiger charge is -2.37. The Hall–Kier alpha value is -3.44. The Morgan fingerprint density at radius 2 is 1.50 bits per heavy atom. The lowest BCUT2D eigenvalue weighted by atomic mass is 10.1. The predicted molar refractivity (Wildman–Crippen MR) is 145 cm³/mol. The summed E-state index contributed by atoms with van der Waals surface area (Å²) in [7, 11) is -2.33. The zero-order chi connectivity index (χ0) is 27.0. The summed E-state index contributed by atoms with van der Waals surface area (Å²) in [6.45, 7) is 7.86. The van der Waals surface area contributed by atoms with E-state index in [2.05, 4.69) is 40.0 Å². The fourth-order valence-corrected chi connectivity index (χ4v) is 6.69. The maximum absolute atomic E-state index is 13.7. The number of amides is 1. The Balaban J connectivity index is 1.28. The molecule has 2 saturated heterocycles. The number of benzene rings is 2. The second kappa shape index (κ2) is 10.4. The van der Waals surface area contributed by atoms with Gasteiger partial charge < -0.3 is 14.7 Å². The summed E-state index contributed by atoms with van der Waals surface area (Å²) in [5.41, 5.74) is 4.43. The Morgan fingerprint density at radius 3 is 2.16 bits per heavy atom. The number of halogens is 1. The monoisotopic (exact) mass is 540 g/mol. The normalized spacial score (nSPS) is 17.2. The zero-order valence-electron chi connectivity index (χ0n) is 22.0. The number of nitrogens with zero attached hydrogens (tertiary/aromatic N) is 6. The molecule has 0 bridgehead atoms. The van der Waals surface area contributed by atoms with E-state index in [9.17, 15) is 17.6 Å². The molecule has 11 heteroatoms. The van der Waals surface area contributed by atoms with Crippen molar-refractivity contribution in [2.45, 2.75) is 18.9 Å². The summed E-state index contributed by atoms with van der Waals surface area (Å²) in [4.78, 5) is 19.4. The number of piperazine rings is 2. The molecule has 202 valence electrons. The highest BCUT2D eigenvalue weighted by atomic mass is 32.2. The van der Waals surface area contributed by atoms with Crippen LogP contribution in [0.2, 0.25) is 0 Å². The van der Waals surface area contributed by atoms with E-state index in [-0.39, 0.29) is 22.3 Å². The number of hydrogen-bond donors (Lipinski definition) is 0. The van der Waals surface area contributed by atoms with Crippen LogP contribution in [0.15, 0.2) is 53.7 Å². The molecule has 0 radical (unpaired) electrons. The quantitative estimate of drug-likeness (QED) is 0.495. The molecule has 0 spiro atoms. The number of aromatic nitrogens is 2. The molecule has 1 aromatic heterocycles. The molecule has 0 aliphatic carbocycles. The predicted octanol–water partition coefficient (Wildman–Crippen LogP) is 2.65. The third-order valence-electron chi connectivity index (χ3n) is 7.31. The number of rotatable bonds is 5. The van der Waals surface area contributed by atoms with Gasteiger partial charge in [-0.2, -0.15) is 9.40 Å². The van der Waals surface area contributed by atoms with Gasteiger partial charge in [-0.1, -0.05) is 12.1 Å². The number of hydrogen-bond acceptors (Lipinski definition) is 6. The van der Waals surface area contributed by atoms with Crippen molar-refractivity contribution >= 4 is 27.3 Å². The fourth-order valence-electron chi connectivity index (χ4n) is 5.15. The van der Waals surface area contributed by atoms with Crippen LogP contribution in [0.25, 0.3) is 0 Å². The van der Waals surface area contributed by atoms with E-state index in [0.717, 1.165) is 22.5 Å². The molecule has 38 heavy (non-hydrogen) atoms. The Kier molecular flexibility index (Phi) is 7.15. The van der Waals surface area contributed by atoms with Crippen LogP contribution in [0.1, 0.15) is 21.5 Å².